The van der Waals surface area contributed by atoms with Crippen LogP contribution in [0, 0.1) is 5.92 Å². The number of nitrogens with zero attached hydrogens (tertiary/aromatic N) is 2. The monoisotopic (exact) mass is 526 g/mol. The lowest BCUT2D eigenvalue weighted by Gasteiger charge is -2.40. The second-order valence-electron chi connectivity index (χ2n) is 7.78. The predicted octanol–water partition coefficient (Wildman–Crippen LogP) is 6.28. The number of aliphatic hydroxyl groups excluding tert-OH is 1. The zero-order valence-corrected chi connectivity index (χ0v) is 19.3. The molecule has 3 aromatic rings. The zero-order chi connectivity index (χ0) is 20.9. The first-order valence-electron chi connectivity index (χ1n) is 9.91. The molecule has 2 amide bonds. The third-order valence-corrected chi connectivity index (χ3v) is 7.09. The van der Waals surface area contributed by atoms with Gasteiger partial charge in [-0.05, 0) is 72.9 Å². The molecule has 4 nitrogen and oxygen atoms in total. The fraction of sp³-hybridized carbons (Fsp3) is 0.208. The molecule has 0 spiro atoms. The molecule has 3 aromatic carbocycles. The number of urea groups is 1. The van der Waals surface area contributed by atoms with Gasteiger partial charge in [-0.25, -0.2) is 4.79 Å². The van der Waals surface area contributed by atoms with Crippen LogP contribution in [0.5, 0.6) is 0 Å². The van der Waals surface area contributed by atoms with Gasteiger partial charge in [0.25, 0.3) is 0 Å². The van der Waals surface area contributed by atoms with E-state index in [0.717, 1.165) is 33.0 Å². The zero-order valence-electron chi connectivity index (χ0n) is 16.1. The highest BCUT2D eigenvalue weighted by atomic mass is 79.9. The SMILES string of the molecule is O=C1N(c2ccc(Br)cc2)C(O)C(c2ccccc2)(C2CC2)N1c1ccc(Br)cc1. The maximum absolute atomic E-state index is 13.9. The van der Waals surface area contributed by atoms with Crippen LogP contribution in [0.1, 0.15) is 18.4 Å². The molecule has 1 heterocycles. The predicted molar refractivity (Wildman–Crippen MR) is 125 cm³/mol. The molecule has 2 fully saturated rings. The van der Waals surface area contributed by atoms with E-state index in [1.54, 1.807) is 4.90 Å². The van der Waals surface area contributed by atoms with E-state index in [4.69, 9.17) is 0 Å². The third kappa shape index (κ3) is 3.01. The highest BCUT2D eigenvalue weighted by molar-refractivity contribution is 9.10. The van der Waals surface area contributed by atoms with Crippen LogP contribution in [0.2, 0.25) is 0 Å². The molecule has 1 saturated carbocycles. The van der Waals surface area contributed by atoms with Crippen molar-refractivity contribution in [2.45, 2.75) is 24.6 Å². The third-order valence-electron chi connectivity index (χ3n) is 6.03. The molecule has 0 aromatic heterocycles. The number of rotatable bonds is 4. The summed E-state index contributed by atoms with van der Waals surface area (Å²) >= 11 is 6.93. The smallest absolute Gasteiger partial charge is 0.332 e. The molecular weight excluding hydrogens is 508 g/mol. The van der Waals surface area contributed by atoms with Crippen LogP contribution in [-0.2, 0) is 5.54 Å². The summed E-state index contributed by atoms with van der Waals surface area (Å²) in [4.78, 5) is 17.2. The summed E-state index contributed by atoms with van der Waals surface area (Å²) in [6.45, 7) is 0. The van der Waals surface area contributed by atoms with Gasteiger partial charge in [0, 0.05) is 20.3 Å². The van der Waals surface area contributed by atoms with Gasteiger partial charge in [-0.3, -0.25) is 9.80 Å². The van der Waals surface area contributed by atoms with Crippen LogP contribution >= 0.6 is 31.9 Å². The van der Waals surface area contributed by atoms with Gasteiger partial charge >= 0.3 is 6.03 Å². The Labute approximate surface area is 192 Å². The summed E-state index contributed by atoms with van der Waals surface area (Å²) in [6.07, 6.45) is 0.936. The van der Waals surface area contributed by atoms with Crippen molar-refractivity contribution in [2.75, 3.05) is 9.80 Å². The lowest BCUT2D eigenvalue weighted by atomic mass is 9.82. The first-order valence-corrected chi connectivity index (χ1v) is 11.5. The molecule has 5 rings (SSSR count). The molecule has 1 aliphatic carbocycles. The normalized spacial score (nSPS) is 23.8. The average molecular weight is 528 g/mol. The van der Waals surface area contributed by atoms with Gasteiger partial charge in [0.2, 0.25) is 0 Å². The van der Waals surface area contributed by atoms with E-state index in [1.807, 2.05) is 78.9 Å². The minimum Gasteiger partial charge on any atom is -0.370 e. The fourth-order valence-electron chi connectivity index (χ4n) is 4.59. The number of anilines is 2. The van der Waals surface area contributed by atoms with Gasteiger partial charge < -0.3 is 5.11 Å². The molecule has 2 unspecified atom stereocenters. The van der Waals surface area contributed by atoms with Crippen LogP contribution in [0.3, 0.4) is 0 Å². The number of aliphatic hydroxyl groups is 1. The van der Waals surface area contributed by atoms with Crippen molar-refractivity contribution in [2.24, 2.45) is 5.92 Å². The maximum Gasteiger partial charge on any atom is 0.332 e. The minimum absolute atomic E-state index is 0.183. The molecule has 0 bridgehead atoms. The summed E-state index contributed by atoms with van der Waals surface area (Å²) in [5, 5.41) is 11.8. The molecule has 1 saturated heterocycles. The molecule has 2 atom stereocenters. The lowest BCUT2D eigenvalue weighted by Crippen LogP contribution is -2.51. The molecule has 1 N–H and O–H groups in total. The van der Waals surface area contributed by atoms with E-state index in [1.165, 1.54) is 4.90 Å². The van der Waals surface area contributed by atoms with Crippen molar-refractivity contribution in [1.29, 1.82) is 0 Å². The Morgan fingerprint density at radius 3 is 1.87 bits per heavy atom. The van der Waals surface area contributed by atoms with E-state index in [9.17, 15) is 9.90 Å². The Morgan fingerprint density at radius 1 is 0.800 bits per heavy atom. The fourth-order valence-corrected chi connectivity index (χ4v) is 5.11. The molecule has 2 aliphatic rings. The largest absolute Gasteiger partial charge is 0.370 e. The Kier molecular flexibility index (Phi) is 4.96. The van der Waals surface area contributed by atoms with Gasteiger partial charge in [-0.15, -0.1) is 0 Å². The van der Waals surface area contributed by atoms with Crippen molar-refractivity contribution in [3.63, 3.8) is 0 Å². The van der Waals surface area contributed by atoms with E-state index in [-0.39, 0.29) is 11.9 Å². The number of carbonyl (C=O) groups is 1. The summed E-state index contributed by atoms with van der Waals surface area (Å²) in [7, 11) is 0. The van der Waals surface area contributed by atoms with Crippen molar-refractivity contribution >= 4 is 49.3 Å². The summed E-state index contributed by atoms with van der Waals surface area (Å²) in [6, 6.07) is 24.9. The maximum atomic E-state index is 13.9. The number of hydrogen-bond donors (Lipinski definition) is 1. The Bertz CT molecular complexity index is 1070. The quantitative estimate of drug-likeness (QED) is 0.433. The lowest BCUT2D eigenvalue weighted by molar-refractivity contribution is 0.0945. The molecule has 30 heavy (non-hydrogen) atoms. The number of carbonyl (C=O) groups excluding carboxylic acids is 1. The Balaban J connectivity index is 1.73. The molecule has 152 valence electrons. The van der Waals surface area contributed by atoms with Crippen LogP contribution in [-0.4, -0.2) is 17.4 Å². The van der Waals surface area contributed by atoms with Gasteiger partial charge in [0.15, 0.2) is 6.23 Å². The van der Waals surface area contributed by atoms with Crippen molar-refractivity contribution in [3.8, 4) is 0 Å². The van der Waals surface area contributed by atoms with Crippen LogP contribution in [0.25, 0.3) is 0 Å². The summed E-state index contributed by atoms with van der Waals surface area (Å²) < 4.78 is 1.87. The first-order chi connectivity index (χ1) is 14.5. The standard InChI is InChI=1S/C24H20Br2N2O2/c25-18-8-12-20(13-9-18)27-22(29)24(17-6-7-17,16-4-2-1-3-5-16)28(23(27)30)21-14-10-19(26)11-15-21/h1-5,8-15,17,22,29H,6-7H2. The van der Waals surface area contributed by atoms with Crippen LogP contribution in [0.15, 0.2) is 87.8 Å². The minimum atomic E-state index is -1.01. The topological polar surface area (TPSA) is 43.8 Å². The Morgan fingerprint density at radius 2 is 1.33 bits per heavy atom. The van der Waals surface area contributed by atoms with Crippen molar-refractivity contribution in [3.05, 3.63) is 93.4 Å². The van der Waals surface area contributed by atoms with E-state index >= 15 is 0 Å². The molecule has 6 heteroatoms. The first kappa shape index (κ1) is 19.8. The number of benzene rings is 3. The molecule has 1 aliphatic heterocycles. The van der Waals surface area contributed by atoms with Gasteiger partial charge in [-0.1, -0.05) is 62.2 Å². The van der Waals surface area contributed by atoms with Crippen molar-refractivity contribution < 1.29 is 9.90 Å². The van der Waals surface area contributed by atoms with Crippen LogP contribution < -0.4 is 9.80 Å². The summed E-state index contributed by atoms with van der Waals surface area (Å²) in [5.41, 5.74) is 1.56. The van der Waals surface area contributed by atoms with E-state index in [2.05, 4.69) is 31.9 Å². The molecule has 0 radical (unpaired) electrons. The van der Waals surface area contributed by atoms with Gasteiger partial charge in [0.1, 0.15) is 5.54 Å². The number of hydrogen-bond acceptors (Lipinski definition) is 2. The van der Waals surface area contributed by atoms with Gasteiger partial charge in [0.05, 0.1) is 0 Å². The van der Waals surface area contributed by atoms with Crippen LogP contribution in [0.4, 0.5) is 16.2 Å². The highest BCUT2D eigenvalue weighted by Gasteiger charge is 2.65. The summed E-state index contributed by atoms with van der Waals surface area (Å²) in [5.74, 6) is 0.183. The van der Waals surface area contributed by atoms with E-state index < -0.39 is 11.8 Å². The average Bonchev–Trinajstić information content (AvgIpc) is 3.57. The van der Waals surface area contributed by atoms with Crippen molar-refractivity contribution in [1.82, 2.24) is 0 Å². The number of halogens is 2. The second-order valence-corrected chi connectivity index (χ2v) is 9.61. The van der Waals surface area contributed by atoms with Gasteiger partial charge in [-0.2, -0.15) is 0 Å². The Hall–Kier alpha value is -2.15. The van der Waals surface area contributed by atoms with E-state index in [0.29, 0.717) is 5.69 Å². The highest BCUT2D eigenvalue weighted by Crippen LogP contribution is 2.57. The molecular formula is C24H20Br2N2O2. The number of amides is 2. The second kappa shape index (κ2) is 7.52.